The first kappa shape index (κ1) is 16.4. The molecule has 0 bridgehead atoms. The molecule has 0 unspecified atom stereocenters. The predicted molar refractivity (Wildman–Crippen MR) is 72.2 cm³/mol. The van der Waals surface area contributed by atoms with E-state index in [1.165, 1.54) is 18.2 Å². The van der Waals surface area contributed by atoms with E-state index < -0.39 is 0 Å². The molecule has 1 aromatic rings. The van der Waals surface area contributed by atoms with E-state index in [-0.39, 0.29) is 24.1 Å². The van der Waals surface area contributed by atoms with Crippen molar-refractivity contribution in [3.8, 4) is 0 Å². The van der Waals surface area contributed by atoms with Crippen LogP contribution in [0.3, 0.4) is 0 Å². The van der Waals surface area contributed by atoms with E-state index >= 15 is 0 Å². The summed E-state index contributed by atoms with van der Waals surface area (Å²) < 4.78 is 13.3. The lowest BCUT2D eigenvalue weighted by Gasteiger charge is -2.17. The van der Waals surface area contributed by atoms with Crippen LogP contribution in [0.1, 0.15) is 10.4 Å². The molecule has 0 aliphatic carbocycles. The molecule has 6 heteroatoms. The quantitative estimate of drug-likeness (QED) is 0.921. The topological polar surface area (TPSA) is 32.3 Å². The summed E-state index contributed by atoms with van der Waals surface area (Å²) >= 11 is 3.06. The van der Waals surface area contributed by atoms with Gasteiger partial charge < -0.3 is 10.2 Å². The third kappa shape index (κ3) is 4.61. The number of hydrogen-bond donors (Lipinski definition) is 1. The summed E-state index contributed by atoms with van der Waals surface area (Å²) in [6.07, 6.45) is 0. The fraction of sp³-hybridized carbons (Fsp3) is 0.364. The first-order chi connectivity index (χ1) is 7.56. The summed E-state index contributed by atoms with van der Waals surface area (Å²) in [6.45, 7) is 1.34. The van der Waals surface area contributed by atoms with Gasteiger partial charge in [-0.2, -0.15) is 0 Å². The van der Waals surface area contributed by atoms with Crippen molar-refractivity contribution in [2.24, 2.45) is 0 Å². The largest absolute Gasteiger partial charge is 0.340 e. The minimum Gasteiger partial charge on any atom is -0.340 e. The van der Waals surface area contributed by atoms with Crippen molar-refractivity contribution in [1.29, 1.82) is 0 Å². The van der Waals surface area contributed by atoms with Gasteiger partial charge in [0.15, 0.2) is 0 Å². The second-order valence-electron chi connectivity index (χ2n) is 3.46. The standard InChI is InChI=1S/C11H14BrFN2O.ClH/c1-14-5-6-15(2)11(16)8-3-4-10(13)9(12)7-8;/h3-4,7,14H,5-6H2,1-2H3;1H. The molecule has 96 valence electrons. The summed E-state index contributed by atoms with van der Waals surface area (Å²) in [4.78, 5) is 13.5. The number of benzene rings is 1. The van der Waals surface area contributed by atoms with Crippen molar-refractivity contribution < 1.29 is 9.18 Å². The number of hydrogen-bond acceptors (Lipinski definition) is 2. The fourth-order valence-corrected chi connectivity index (χ4v) is 1.61. The van der Waals surface area contributed by atoms with E-state index in [9.17, 15) is 9.18 Å². The van der Waals surface area contributed by atoms with Crippen molar-refractivity contribution >= 4 is 34.2 Å². The molecule has 0 saturated heterocycles. The summed E-state index contributed by atoms with van der Waals surface area (Å²) in [7, 11) is 3.55. The molecule has 0 radical (unpaired) electrons. The van der Waals surface area contributed by atoms with Gasteiger partial charge >= 0.3 is 0 Å². The van der Waals surface area contributed by atoms with Crippen LogP contribution in [0.4, 0.5) is 4.39 Å². The van der Waals surface area contributed by atoms with Crippen LogP contribution in [0.15, 0.2) is 22.7 Å². The number of likely N-dealkylation sites (N-methyl/N-ethyl adjacent to an activating group) is 2. The Labute approximate surface area is 115 Å². The summed E-state index contributed by atoms with van der Waals surface area (Å²) in [5.41, 5.74) is 0.479. The van der Waals surface area contributed by atoms with E-state index in [1.807, 2.05) is 7.05 Å². The molecule has 1 N–H and O–H groups in total. The van der Waals surface area contributed by atoms with E-state index in [0.717, 1.165) is 6.54 Å². The lowest BCUT2D eigenvalue weighted by molar-refractivity contribution is 0.0796. The molecule has 0 aliphatic heterocycles. The van der Waals surface area contributed by atoms with Gasteiger partial charge in [-0.1, -0.05) is 0 Å². The van der Waals surface area contributed by atoms with Crippen LogP contribution < -0.4 is 5.32 Å². The van der Waals surface area contributed by atoms with Crippen LogP contribution in [-0.2, 0) is 0 Å². The zero-order valence-electron chi connectivity index (χ0n) is 9.67. The van der Waals surface area contributed by atoms with Gasteiger partial charge in [-0.05, 0) is 41.2 Å². The van der Waals surface area contributed by atoms with Crippen molar-refractivity contribution in [2.45, 2.75) is 0 Å². The van der Waals surface area contributed by atoms with Gasteiger partial charge in [-0.15, -0.1) is 12.4 Å². The van der Waals surface area contributed by atoms with Gasteiger partial charge in [-0.3, -0.25) is 4.79 Å². The number of nitrogens with zero attached hydrogens (tertiary/aromatic N) is 1. The number of carbonyl (C=O) groups is 1. The van der Waals surface area contributed by atoms with Crippen LogP contribution in [-0.4, -0.2) is 38.0 Å². The second kappa shape index (κ2) is 7.63. The Hall–Kier alpha value is -0.650. The maximum atomic E-state index is 13.0. The number of halogens is 3. The SMILES string of the molecule is CNCCN(C)C(=O)c1ccc(F)c(Br)c1.Cl. The molecule has 0 aliphatic rings. The smallest absolute Gasteiger partial charge is 0.253 e. The molecule has 0 aromatic heterocycles. The highest BCUT2D eigenvalue weighted by Gasteiger charge is 2.12. The number of nitrogens with one attached hydrogen (secondary N) is 1. The predicted octanol–water partition coefficient (Wildman–Crippen LogP) is 2.30. The Bertz CT molecular complexity index is 390. The minimum atomic E-state index is -0.366. The highest BCUT2D eigenvalue weighted by atomic mass is 79.9. The van der Waals surface area contributed by atoms with E-state index in [2.05, 4.69) is 21.2 Å². The minimum absolute atomic E-state index is 0. The maximum absolute atomic E-state index is 13.0. The Balaban J connectivity index is 0.00000256. The normalized spacial score (nSPS) is 9.65. The summed E-state index contributed by atoms with van der Waals surface area (Å²) in [6, 6.07) is 4.26. The molecule has 0 atom stereocenters. The molecule has 1 rings (SSSR count). The number of amides is 1. The zero-order valence-corrected chi connectivity index (χ0v) is 12.1. The van der Waals surface area contributed by atoms with Gasteiger partial charge in [0, 0.05) is 25.7 Å². The van der Waals surface area contributed by atoms with Crippen LogP contribution in [0, 0.1) is 5.82 Å². The third-order valence-corrected chi connectivity index (χ3v) is 2.82. The Kier molecular flexibility index (Phi) is 7.34. The van der Waals surface area contributed by atoms with E-state index in [4.69, 9.17) is 0 Å². The van der Waals surface area contributed by atoms with Crippen molar-refractivity contribution in [3.05, 3.63) is 34.1 Å². The monoisotopic (exact) mass is 324 g/mol. The van der Waals surface area contributed by atoms with Crippen LogP contribution in [0.5, 0.6) is 0 Å². The van der Waals surface area contributed by atoms with Crippen LogP contribution >= 0.6 is 28.3 Å². The van der Waals surface area contributed by atoms with Gasteiger partial charge in [-0.25, -0.2) is 4.39 Å². The fourth-order valence-electron chi connectivity index (χ4n) is 1.23. The summed E-state index contributed by atoms with van der Waals surface area (Å²) in [5.74, 6) is -0.481. The number of rotatable bonds is 4. The molecule has 0 fully saturated rings. The second-order valence-corrected chi connectivity index (χ2v) is 4.31. The molecule has 1 amide bonds. The van der Waals surface area contributed by atoms with Crippen molar-refractivity contribution in [2.75, 3.05) is 27.2 Å². The van der Waals surface area contributed by atoms with Gasteiger partial charge in [0.2, 0.25) is 0 Å². The third-order valence-electron chi connectivity index (χ3n) is 2.21. The molecule has 0 spiro atoms. The highest BCUT2D eigenvalue weighted by Crippen LogP contribution is 2.17. The average molecular weight is 326 g/mol. The Morgan fingerprint density at radius 1 is 1.53 bits per heavy atom. The highest BCUT2D eigenvalue weighted by molar-refractivity contribution is 9.10. The van der Waals surface area contributed by atoms with Crippen LogP contribution in [0.2, 0.25) is 0 Å². The van der Waals surface area contributed by atoms with Crippen molar-refractivity contribution in [3.63, 3.8) is 0 Å². The summed E-state index contributed by atoms with van der Waals surface area (Å²) in [5, 5.41) is 2.96. The molecule has 3 nitrogen and oxygen atoms in total. The molecule has 0 saturated carbocycles. The Morgan fingerprint density at radius 2 is 2.18 bits per heavy atom. The molecule has 1 aromatic carbocycles. The van der Waals surface area contributed by atoms with Gasteiger partial charge in [0.1, 0.15) is 5.82 Å². The first-order valence-corrected chi connectivity index (χ1v) is 5.70. The molecular weight excluding hydrogens is 310 g/mol. The Morgan fingerprint density at radius 3 is 2.71 bits per heavy atom. The number of carbonyl (C=O) groups excluding carboxylic acids is 1. The van der Waals surface area contributed by atoms with Gasteiger partial charge in [0.25, 0.3) is 5.91 Å². The molecule has 17 heavy (non-hydrogen) atoms. The van der Waals surface area contributed by atoms with Crippen molar-refractivity contribution in [1.82, 2.24) is 10.2 Å². The van der Waals surface area contributed by atoms with E-state index in [1.54, 1.807) is 11.9 Å². The first-order valence-electron chi connectivity index (χ1n) is 4.91. The zero-order chi connectivity index (χ0) is 12.1. The lowest BCUT2D eigenvalue weighted by atomic mass is 10.2. The van der Waals surface area contributed by atoms with Gasteiger partial charge in [0.05, 0.1) is 4.47 Å². The molecule has 0 heterocycles. The van der Waals surface area contributed by atoms with Crippen LogP contribution in [0.25, 0.3) is 0 Å². The lowest BCUT2D eigenvalue weighted by Crippen LogP contribution is -2.32. The average Bonchev–Trinajstić information content (AvgIpc) is 2.28. The van der Waals surface area contributed by atoms with E-state index in [0.29, 0.717) is 16.6 Å². The maximum Gasteiger partial charge on any atom is 0.253 e. The molecular formula is C11H15BrClFN2O.